The van der Waals surface area contributed by atoms with Crippen LogP contribution in [0.2, 0.25) is 0 Å². The number of pyridine rings is 1. The van der Waals surface area contributed by atoms with Crippen molar-refractivity contribution in [2.24, 2.45) is 0 Å². The topological polar surface area (TPSA) is 79.3 Å². The molecular weight excluding hydrogens is 326 g/mol. The first-order valence-corrected chi connectivity index (χ1v) is 8.87. The summed E-state index contributed by atoms with van der Waals surface area (Å²) in [5.74, 6) is -0.803. The van der Waals surface area contributed by atoms with E-state index in [1.165, 1.54) is 11.3 Å². The highest BCUT2D eigenvalue weighted by molar-refractivity contribution is 7.14. The van der Waals surface area contributed by atoms with Crippen molar-refractivity contribution in [3.8, 4) is 10.7 Å². The number of hydrogen-bond donors (Lipinski definition) is 0. The van der Waals surface area contributed by atoms with Crippen molar-refractivity contribution < 1.29 is 9.59 Å². The molecule has 3 heterocycles. The van der Waals surface area contributed by atoms with Gasteiger partial charge in [-0.2, -0.15) is 0 Å². The van der Waals surface area contributed by atoms with E-state index in [0.29, 0.717) is 24.6 Å². The molecule has 2 aromatic heterocycles. The van der Waals surface area contributed by atoms with Gasteiger partial charge in [0.1, 0.15) is 10.7 Å². The lowest BCUT2D eigenvalue weighted by Gasteiger charge is -2.41. The second kappa shape index (κ2) is 6.27. The Balaban J connectivity index is 1.43. The molecule has 2 amide bonds. The van der Waals surface area contributed by atoms with E-state index in [4.69, 9.17) is 0 Å². The maximum atomic E-state index is 12.3. The van der Waals surface area contributed by atoms with Crippen molar-refractivity contribution in [3.63, 3.8) is 0 Å². The van der Waals surface area contributed by atoms with E-state index in [0.717, 1.165) is 30.0 Å². The lowest BCUT2D eigenvalue weighted by molar-refractivity contribution is -0.159. The molecule has 8 heteroatoms. The third kappa shape index (κ3) is 2.77. The average Bonchev–Trinajstić information content (AvgIpc) is 3.02. The molecule has 2 aromatic rings. The van der Waals surface area contributed by atoms with Gasteiger partial charge in [-0.05, 0) is 31.4 Å². The van der Waals surface area contributed by atoms with Gasteiger partial charge in [0, 0.05) is 25.3 Å². The Kier molecular flexibility index (Phi) is 3.97. The molecule has 1 saturated carbocycles. The zero-order valence-electron chi connectivity index (χ0n) is 13.1. The normalized spacial score (nSPS) is 18.8. The third-order valence-corrected chi connectivity index (χ3v) is 5.46. The molecule has 0 atom stereocenters. The summed E-state index contributed by atoms with van der Waals surface area (Å²) in [4.78, 5) is 32.2. The van der Waals surface area contributed by atoms with Crippen LogP contribution in [0.5, 0.6) is 0 Å². The fraction of sp³-hybridized carbons (Fsp3) is 0.438. The van der Waals surface area contributed by atoms with Gasteiger partial charge in [0.15, 0.2) is 5.01 Å². The quantitative estimate of drug-likeness (QED) is 0.783. The number of carbonyl (C=O) groups excluding carboxylic acids is 2. The highest BCUT2D eigenvalue weighted by Crippen LogP contribution is 2.27. The second-order valence-corrected chi connectivity index (χ2v) is 7.09. The number of rotatable bonds is 4. The van der Waals surface area contributed by atoms with Gasteiger partial charge in [-0.1, -0.05) is 17.4 Å². The summed E-state index contributed by atoms with van der Waals surface area (Å²) >= 11 is 1.40. The van der Waals surface area contributed by atoms with Crippen LogP contribution in [-0.4, -0.2) is 55.9 Å². The van der Waals surface area contributed by atoms with Gasteiger partial charge in [-0.15, -0.1) is 10.2 Å². The minimum absolute atomic E-state index is 0.265. The summed E-state index contributed by atoms with van der Waals surface area (Å²) in [5.41, 5.74) is 0.762. The van der Waals surface area contributed by atoms with Crippen LogP contribution in [-0.2, 0) is 16.1 Å². The van der Waals surface area contributed by atoms with Crippen LogP contribution in [0.15, 0.2) is 24.4 Å². The highest BCUT2D eigenvalue weighted by atomic mass is 32.1. The molecule has 0 spiro atoms. The van der Waals surface area contributed by atoms with E-state index in [9.17, 15) is 9.59 Å². The summed E-state index contributed by atoms with van der Waals surface area (Å²) in [5, 5.41) is 9.71. The van der Waals surface area contributed by atoms with Gasteiger partial charge in [-0.25, -0.2) is 0 Å². The summed E-state index contributed by atoms with van der Waals surface area (Å²) in [6.07, 6.45) is 4.89. The van der Waals surface area contributed by atoms with E-state index in [1.807, 2.05) is 18.2 Å². The number of hydrogen-bond acceptors (Lipinski definition) is 6. The number of piperazine rings is 1. The zero-order valence-corrected chi connectivity index (χ0v) is 13.9. The minimum Gasteiger partial charge on any atom is -0.330 e. The van der Waals surface area contributed by atoms with Crippen molar-refractivity contribution in [2.45, 2.75) is 31.8 Å². The molecule has 1 aliphatic carbocycles. The first-order chi connectivity index (χ1) is 11.7. The standard InChI is InChI=1S/C16H17N5O2S/c22-15-16(23)21(11-4-3-5-11)9-8-20(15)10-13-18-19-14(24-13)12-6-1-2-7-17-12/h1-2,6-7,11H,3-5,8-10H2. The number of carbonyl (C=O) groups is 2. The van der Waals surface area contributed by atoms with Crippen molar-refractivity contribution in [1.82, 2.24) is 25.0 Å². The van der Waals surface area contributed by atoms with Crippen molar-refractivity contribution in [1.29, 1.82) is 0 Å². The molecule has 0 N–H and O–H groups in total. The predicted molar refractivity (Wildman–Crippen MR) is 87.9 cm³/mol. The number of aromatic nitrogens is 3. The van der Waals surface area contributed by atoms with Crippen LogP contribution >= 0.6 is 11.3 Å². The second-order valence-electron chi connectivity index (χ2n) is 6.03. The van der Waals surface area contributed by atoms with E-state index >= 15 is 0 Å². The van der Waals surface area contributed by atoms with Crippen LogP contribution < -0.4 is 0 Å². The van der Waals surface area contributed by atoms with E-state index in [1.54, 1.807) is 16.0 Å². The Bertz CT molecular complexity index is 759. The molecule has 124 valence electrons. The molecule has 1 aliphatic heterocycles. The summed E-state index contributed by atoms with van der Waals surface area (Å²) < 4.78 is 0. The molecule has 4 rings (SSSR count). The lowest BCUT2D eigenvalue weighted by atomic mass is 9.91. The van der Waals surface area contributed by atoms with Crippen molar-refractivity contribution >= 4 is 23.2 Å². The molecule has 7 nitrogen and oxygen atoms in total. The fourth-order valence-electron chi connectivity index (χ4n) is 2.96. The maximum absolute atomic E-state index is 12.3. The highest BCUT2D eigenvalue weighted by Gasteiger charge is 2.38. The van der Waals surface area contributed by atoms with Crippen molar-refractivity contribution in [2.75, 3.05) is 13.1 Å². The molecule has 0 aromatic carbocycles. The summed E-state index contributed by atoms with van der Waals surface area (Å²) in [7, 11) is 0. The third-order valence-electron chi connectivity index (χ3n) is 4.53. The van der Waals surface area contributed by atoms with Gasteiger partial charge in [-0.3, -0.25) is 14.6 Å². The molecule has 24 heavy (non-hydrogen) atoms. The minimum atomic E-state index is -0.428. The molecular formula is C16H17N5O2S. The monoisotopic (exact) mass is 343 g/mol. The molecule has 1 saturated heterocycles. The van der Waals surface area contributed by atoms with E-state index < -0.39 is 5.91 Å². The molecule has 2 aliphatic rings. The largest absolute Gasteiger partial charge is 0.330 e. The van der Waals surface area contributed by atoms with Gasteiger partial charge in [0.25, 0.3) is 0 Å². The van der Waals surface area contributed by atoms with Crippen LogP contribution in [0.4, 0.5) is 0 Å². The predicted octanol–water partition coefficient (Wildman–Crippen LogP) is 1.32. The Morgan fingerprint density at radius 3 is 2.71 bits per heavy atom. The Morgan fingerprint density at radius 1 is 1.12 bits per heavy atom. The van der Waals surface area contributed by atoms with Gasteiger partial charge in [0.2, 0.25) is 0 Å². The van der Waals surface area contributed by atoms with Gasteiger partial charge < -0.3 is 9.80 Å². The lowest BCUT2D eigenvalue weighted by Crippen LogP contribution is -2.58. The van der Waals surface area contributed by atoms with E-state index in [-0.39, 0.29) is 11.9 Å². The summed E-state index contributed by atoms with van der Waals surface area (Å²) in [6, 6.07) is 5.87. The first-order valence-electron chi connectivity index (χ1n) is 8.06. The molecule has 0 radical (unpaired) electrons. The van der Waals surface area contributed by atoms with Gasteiger partial charge in [0.05, 0.1) is 6.54 Å². The molecule has 2 fully saturated rings. The van der Waals surface area contributed by atoms with Gasteiger partial charge >= 0.3 is 11.8 Å². The van der Waals surface area contributed by atoms with Crippen LogP contribution in [0.25, 0.3) is 10.7 Å². The molecule has 0 unspecified atom stereocenters. The van der Waals surface area contributed by atoms with Crippen LogP contribution in [0.3, 0.4) is 0 Å². The number of nitrogens with zero attached hydrogens (tertiary/aromatic N) is 5. The van der Waals surface area contributed by atoms with E-state index in [2.05, 4.69) is 15.2 Å². The van der Waals surface area contributed by atoms with Crippen molar-refractivity contribution in [3.05, 3.63) is 29.4 Å². The number of amides is 2. The molecule has 0 bridgehead atoms. The first kappa shape index (κ1) is 15.2. The summed E-state index contributed by atoms with van der Waals surface area (Å²) in [6.45, 7) is 1.49. The SMILES string of the molecule is O=C1C(=O)N(C2CCC2)CCN1Cc1nnc(-c2ccccn2)s1. The Labute approximate surface area is 143 Å². The van der Waals surface area contributed by atoms with Crippen LogP contribution in [0, 0.1) is 0 Å². The van der Waals surface area contributed by atoms with Crippen LogP contribution in [0.1, 0.15) is 24.3 Å². The Morgan fingerprint density at radius 2 is 2.00 bits per heavy atom. The Hall–Kier alpha value is -2.35. The smallest absolute Gasteiger partial charge is 0.312 e. The average molecular weight is 343 g/mol. The maximum Gasteiger partial charge on any atom is 0.312 e. The zero-order chi connectivity index (χ0) is 16.5. The fourth-order valence-corrected chi connectivity index (χ4v) is 3.79.